The minimum atomic E-state index is -4.40. The average Bonchev–Trinajstić information content (AvgIpc) is 2.78. The summed E-state index contributed by atoms with van der Waals surface area (Å²) in [7, 11) is -4.40. The van der Waals surface area contributed by atoms with Crippen LogP contribution in [-0.4, -0.2) is 35.1 Å². The molecule has 0 spiro atoms. The molecule has 7 rings (SSSR count). The van der Waals surface area contributed by atoms with Gasteiger partial charge in [0.25, 0.3) is 0 Å². The van der Waals surface area contributed by atoms with Crippen LogP contribution in [0.4, 0.5) is 14.6 Å². The number of amides is 1. The molecule has 1 N–H and O–H groups in total. The minimum absolute atomic E-state index is 0.0102. The molecule has 0 atom stereocenters. The summed E-state index contributed by atoms with van der Waals surface area (Å²) in [5.74, 6) is 0.0708. The fraction of sp³-hybridized carbons (Fsp3) is 0.542. The fourth-order valence-electron chi connectivity index (χ4n) is 7.13. The van der Waals surface area contributed by atoms with E-state index in [4.69, 9.17) is 0 Å². The van der Waals surface area contributed by atoms with Crippen molar-refractivity contribution in [2.24, 2.45) is 23.2 Å². The Balaban J connectivity index is 1.25. The highest BCUT2D eigenvalue weighted by atomic mass is 32.2. The Kier molecular flexibility index (Phi) is 5.04. The molecule has 0 radical (unpaired) electrons. The molecule has 10 heteroatoms. The molecule has 1 aromatic carbocycles. The maximum absolute atomic E-state index is 14.2. The number of benzene rings is 1. The Morgan fingerprint density at radius 2 is 1.65 bits per heavy atom. The number of fused-ring (bicyclic) bond motifs is 1. The lowest BCUT2D eigenvalue weighted by Crippen LogP contribution is -2.52. The summed E-state index contributed by atoms with van der Waals surface area (Å²) in [6.07, 6.45) is 8.04. The second-order valence-corrected chi connectivity index (χ2v) is 12.3. The van der Waals surface area contributed by atoms with Crippen LogP contribution in [0.3, 0.4) is 0 Å². The van der Waals surface area contributed by atoms with E-state index in [2.05, 4.69) is 15.3 Å². The first kappa shape index (κ1) is 22.0. The number of nitrogens with one attached hydrogen (secondary N) is 1. The van der Waals surface area contributed by atoms with E-state index < -0.39 is 26.6 Å². The number of anilines is 1. The van der Waals surface area contributed by atoms with Gasteiger partial charge in [0.15, 0.2) is 4.90 Å². The smallest absolute Gasteiger partial charge is 0.249 e. The molecule has 0 saturated heterocycles. The summed E-state index contributed by atoms with van der Waals surface area (Å²) in [4.78, 5) is 21.0. The van der Waals surface area contributed by atoms with Gasteiger partial charge in [0, 0.05) is 12.1 Å². The molecule has 5 aliphatic rings. The Morgan fingerprint density at radius 3 is 2.26 bits per heavy atom. The number of aromatic nitrogens is 2. The van der Waals surface area contributed by atoms with Crippen molar-refractivity contribution in [3.8, 4) is 0 Å². The summed E-state index contributed by atoms with van der Waals surface area (Å²) in [6, 6.07) is 2.98. The van der Waals surface area contributed by atoms with Gasteiger partial charge in [-0.15, -0.1) is 0 Å². The van der Waals surface area contributed by atoms with Crippen molar-refractivity contribution in [1.82, 2.24) is 14.3 Å². The second-order valence-electron chi connectivity index (χ2n) is 10.4. The number of sulfonamides is 1. The number of hydrogen-bond donors (Lipinski definition) is 1. The highest BCUT2D eigenvalue weighted by Gasteiger charge is 2.54. The van der Waals surface area contributed by atoms with Gasteiger partial charge in [0.1, 0.15) is 23.8 Å². The van der Waals surface area contributed by atoms with E-state index in [1.807, 2.05) is 0 Å². The Bertz CT molecular complexity index is 1230. The van der Waals surface area contributed by atoms with Crippen molar-refractivity contribution in [3.63, 3.8) is 0 Å². The lowest BCUT2D eigenvalue weighted by atomic mass is 9.49. The quantitative estimate of drug-likeness (QED) is 0.709. The van der Waals surface area contributed by atoms with Crippen molar-refractivity contribution in [3.05, 3.63) is 47.4 Å². The highest BCUT2D eigenvalue weighted by Crippen LogP contribution is 2.60. The topological polar surface area (TPSA) is 92.3 Å². The number of halogens is 2. The van der Waals surface area contributed by atoms with Crippen molar-refractivity contribution in [2.45, 2.75) is 56.4 Å². The maximum atomic E-state index is 14.2. The zero-order chi connectivity index (χ0) is 23.7. The van der Waals surface area contributed by atoms with E-state index in [0.29, 0.717) is 34.8 Å². The molecule has 1 amide bonds. The summed E-state index contributed by atoms with van der Waals surface area (Å²) < 4.78 is 55.4. The van der Waals surface area contributed by atoms with Crippen molar-refractivity contribution in [1.29, 1.82) is 0 Å². The summed E-state index contributed by atoms with van der Waals surface area (Å²) in [5, 5.41) is 3.05. The molecule has 1 aliphatic heterocycles. The van der Waals surface area contributed by atoms with Crippen LogP contribution < -0.4 is 5.32 Å². The van der Waals surface area contributed by atoms with Gasteiger partial charge in [0.2, 0.25) is 15.9 Å². The molecular formula is C24H26F2N4O3S. The number of carbonyl (C=O) groups is 1. The number of nitrogens with zero attached hydrogens (tertiary/aromatic N) is 3. The molecule has 4 saturated carbocycles. The van der Waals surface area contributed by atoms with E-state index in [1.165, 1.54) is 25.6 Å². The van der Waals surface area contributed by atoms with Crippen LogP contribution in [0.25, 0.3) is 0 Å². The lowest BCUT2D eigenvalue weighted by molar-refractivity contribution is -0.140. The van der Waals surface area contributed by atoms with Crippen molar-refractivity contribution in [2.75, 3.05) is 11.9 Å². The third-order valence-corrected chi connectivity index (χ3v) is 10.1. The Morgan fingerprint density at radius 1 is 1.03 bits per heavy atom. The molecular weight excluding hydrogens is 462 g/mol. The van der Waals surface area contributed by atoms with E-state index in [9.17, 15) is 22.0 Å². The summed E-state index contributed by atoms with van der Waals surface area (Å²) in [6.45, 7) is -0.134. The largest absolute Gasteiger partial charge is 0.310 e. The fourth-order valence-corrected chi connectivity index (χ4v) is 8.64. The van der Waals surface area contributed by atoms with Crippen LogP contribution in [0.2, 0.25) is 0 Å². The van der Waals surface area contributed by atoms with Gasteiger partial charge >= 0.3 is 0 Å². The zero-order valence-electron chi connectivity index (χ0n) is 18.6. The molecule has 34 heavy (non-hydrogen) atoms. The molecule has 2 heterocycles. The van der Waals surface area contributed by atoms with Gasteiger partial charge in [0.05, 0.1) is 17.7 Å². The third kappa shape index (κ3) is 3.45. The van der Waals surface area contributed by atoms with Gasteiger partial charge in [-0.05, 0) is 74.8 Å². The predicted molar refractivity (Wildman–Crippen MR) is 119 cm³/mol. The van der Waals surface area contributed by atoms with E-state index in [-0.39, 0.29) is 30.8 Å². The monoisotopic (exact) mass is 488 g/mol. The molecule has 180 valence electrons. The second kappa shape index (κ2) is 7.78. The first-order valence-corrected chi connectivity index (χ1v) is 13.3. The van der Waals surface area contributed by atoms with Crippen LogP contribution in [0.1, 0.15) is 49.8 Å². The van der Waals surface area contributed by atoms with Crippen LogP contribution in [-0.2, 0) is 27.8 Å². The first-order chi connectivity index (χ1) is 16.2. The highest BCUT2D eigenvalue weighted by molar-refractivity contribution is 7.89. The van der Waals surface area contributed by atoms with Gasteiger partial charge in [-0.3, -0.25) is 4.79 Å². The van der Waals surface area contributed by atoms with Gasteiger partial charge in [-0.1, -0.05) is 6.07 Å². The summed E-state index contributed by atoms with van der Waals surface area (Å²) in [5.41, 5.74) is 0.780. The Hall–Kier alpha value is -2.46. The number of rotatable bonds is 4. The first-order valence-electron chi connectivity index (χ1n) is 11.8. The SMILES string of the molecule is O=C(Nc1ncnc2c1CCN(S(=O)(=O)c1c(F)cccc1F)C2)C12CC3CC(CC(C3)C1)C2. The molecule has 1 aromatic heterocycles. The van der Waals surface area contributed by atoms with Crippen molar-refractivity contribution >= 4 is 21.7 Å². The van der Waals surface area contributed by atoms with Crippen LogP contribution in [0.5, 0.6) is 0 Å². The normalized spacial score (nSPS) is 30.2. The molecule has 7 nitrogen and oxygen atoms in total. The molecule has 4 bridgehead atoms. The maximum Gasteiger partial charge on any atom is 0.249 e. The molecule has 4 aliphatic carbocycles. The van der Waals surface area contributed by atoms with Crippen LogP contribution in [0, 0.1) is 34.8 Å². The van der Waals surface area contributed by atoms with Crippen LogP contribution in [0.15, 0.2) is 29.4 Å². The predicted octanol–water partition coefficient (Wildman–Crippen LogP) is 3.66. The molecule has 0 unspecified atom stereocenters. The molecule has 4 fully saturated rings. The number of hydrogen-bond acceptors (Lipinski definition) is 5. The zero-order valence-corrected chi connectivity index (χ0v) is 19.5. The van der Waals surface area contributed by atoms with Crippen LogP contribution >= 0.6 is 0 Å². The van der Waals surface area contributed by atoms with E-state index in [1.54, 1.807) is 0 Å². The number of carbonyl (C=O) groups excluding carboxylic acids is 1. The minimum Gasteiger partial charge on any atom is -0.310 e. The van der Waals surface area contributed by atoms with Crippen molar-refractivity contribution < 1.29 is 22.0 Å². The Labute approximate surface area is 197 Å². The van der Waals surface area contributed by atoms with Gasteiger partial charge < -0.3 is 5.32 Å². The van der Waals surface area contributed by atoms with Gasteiger partial charge in [-0.25, -0.2) is 27.2 Å². The standard InChI is InChI=1S/C24H26F2N4O3S/c25-18-2-1-3-19(26)21(18)34(32,33)30-5-4-17-20(12-30)27-13-28-22(17)29-23(31)24-9-14-6-15(10-24)8-16(7-14)11-24/h1-3,13-16H,4-12H2,(H,27,28,29,31). The van der Waals surface area contributed by atoms with Gasteiger partial charge in [-0.2, -0.15) is 4.31 Å². The summed E-state index contributed by atoms with van der Waals surface area (Å²) >= 11 is 0. The van der Waals surface area contributed by atoms with E-state index >= 15 is 0 Å². The third-order valence-electron chi connectivity index (χ3n) is 8.24. The average molecular weight is 489 g/mol. The van der Waals surface area contributed by atoms with E-state index in [0.717, 1.165) is 41.8 Å². The lowest BCUT2D eigenvalue weighted by Gasteiger charge is -2.55. The molecule has 2 aromatic rings.